The monoisotopic (exact) mass is 474 g/mol. The molecular formula is C27H26N2O6. The Hall–Kier alpha value is -4.46. The van der Waals surface area contributed by atoms with E-state index in [-0.39, 0.29) is 5.57 Å². The van der Waals surface area contributed by atoms with Crippen molar-refractivity contribution in [2.75, 3.05) is 21.3 Å². The molecule has 4 rings (SSSR count). The van der Waals surface area contributed by atoms with Gasteiger partial charge in [0.25, 0.3) is 0 Å². The van der Waals surface area contributed by atoms with Gasteiger partial charge in [0.05, 0.1) is 38.6 Å². The predicted octanol–water partition coefficient (Wildman–Crippen LogP) is 4.22. The van der Waals surface area contributed by atoms with Crippen molar-refractivity contribution < 1.29 is 28.5 Å². The first-order valence-electron chi connectivity index (χ1n) is 10.9. The quantitative estimate of drug-likeness (QED) is 0.475. The molecule has 0 aliphatic carbocycles. The van der Waals surface area contributed by atoms with Crippen LogP contribution in [0.2, 0.25) is 0 Å². The van der Waals surface area contributed by atoms with E-state index in [1.165, 1.54) is 7.11 Å². The molecule has 0 fully saturated rings. The number of methoxy groups -OCH3 is 3. The van der Waals surface area contributed by atoms with E-state index < -0.39 is 18.0 Å². The van der Waals surface area contributed by atoms with Crippen molar-refractivity contribution in [1.29, 1.82) is 0 Å². The summed E-state index contributed by atoms with van der Waals surface area (Å²) in [4.78, 5) is 25.6. The molecule has 0 saturated carbocycles. The van der Waals surface area contributed by atoms with Gasteiger partial charge in [-0.1, -0.05) is 36.4 Å². The summed E-state index contributed by atoms with van der Waals surface area (Å²) in [5.41, 5.74) is 2.88. The van der Waals surface area contributed by atoms with Gasteiger partial charge < -0.3 is 29.6 Å². The molecule has 0 spiro atoms. The van der Waals surface area contributed by atoms with Gasteiger partial charge >= 0.3 is 12.0 Å². The fourth-order valence-electron chi connectivity index (χ4n) is 3.85. The van der Waals surface area contributed by atoms with Gasteiger partial charge in [0.15, 0.2) is 11.5 Å². The second-order valence-corrected chi connectivity index (χ2v) is 7.72. The highest BCUT2D eigenvalue weighted by atomic mass is 16.5. The van der Waals surface area contributed by atoms with Gasteiger partial charge in [0.2, 0.25) is 0 Å². The first-order valence-corrected chi connectivity index (χ1v) is 10.9. The van der Waals surface area contributed by atoms with E-state index in [0.29, 0.717) is 40.7 Å². The molecule has 1 unspecified atom stereocenters. The smallest absolute Gasteiger partial charge is 0.338 e. The third kappa shape index (κ3) is 5.22. The molecular weight excluding hydrogens is 448 g/mol. The van der Waals surface area contributed by atoms with Gasteiger partial charge in [0.1, 0.15) is 12.4 Å². The molecule has 2 amide bonds. The Morgan fingerprint density at radius 1 is 0.886 bits per heavy atom. The Bertz CT molecular complexity index is 1240. The van der Waals surface area contributed by atoms with Crippen LogP contribution >= 0.6 is 0 Å². The van der Waals surface area contributed by atoms with Crippen molar-refractivity contribution in [2.24, 2.45) is 0 Å². The number of esters is 1. The highest BCUT2D eigenvalue weighted by Gasteiger charge is 2.34. The number of ether oxygens (including phenoxy) is 4. The first-order chi connectivity index (χ1) is 17.0. The summed E-state index contributed by atoms with van der Waals surface area (Å²) in [6.07, 6.45) is 0. The Balaban J connectivity index is 1.75. The van der Waals surface area contributed by atoms with E-state index in [9.17, 15) is 9.59 Å². The molecule has 8 nitrogen and oxygen atoms in total. The molecule has 1 atom stereocenters. The number of rotatable bonds is 8. The fraction of sp³-hybridized carbons (Fsp3) is 0.185. The Kier molecular flexibility index (Phi) is 7.21. The van der Waals surface area contributed by atoms with Crippen molar-refractivity contribution in [1.82, 2.24) is 10.6 Å². The van der Waals surface area contributed by atoms with Gasteiger partial charge in [-0.15, -0.1) is 0 Å². The van der Waals surface area contributed by atoms with Crippen molar-refractivity contribution >= 4 is 17.7 Å². The fourth-order valence-corrected chi connectivity index (χ4v) is 3.85. The number of carbonyl (C=O) groups is 2. The van der Waals surface area contributed by atoms with Crippen LogP contribution in [0.15, 0.2) is 78.4 Å². The first kappa shape index (κ1) is 23.7. The zero-order chi connectivity index (χ0) is 24.8. The van der Waals surface area contributed by atoms with Crippen LogP contribution in [0, 0.1) is 0 Å². The number of urea groups is 1. The lowest BCUT2D eigenvalue weighted by atomic mass is 9.92. The zero-order valence-corrected chi connectivity index (χ0v) is 19.7. The van der Waals surface area contributed by atoms with Crippen LogP contribution in [0.5, 0.6) is 17.2 Å². The van der Waals surface area contributed by atoms with Crippen LogP contribution in [0.3, 0.4) is 0 Å². The van der Waals surface area contributed by atoms with Crippen molar-refractivity contribution in [3.05, 3.63) is 95.1 Å². The second kappa shape index (κ2) is 10.6. The minimum absolute atomic E-state index is 0.261. The van der Waals surface area contributed by atoms with Crippen LogP contribution in [-0.4, -0.2) is 33.3 Å². The second-order valence-electron chi connectivity index (χ2n) is 7.72. The van der Waals surface area contributed by atoms with Gasteiger partial charge in [-0.25, -0.2) is 9.59 Å². The molecule has 0 bridgehead atoms. The van der Waals surface area contributed by atoms with E-state index in [4.69, 9.17) is 18.9 Å². The highest BCUT2D eigenvalue weighted by Crippen LogP contribution is 2.37. The minimum Gasteiger partial charge on any atom is -0.497 e. The molecule has 3 aromatic carbocycles. The van der Waals surface area contributed by atoms with Crippen LogP contribution in [0.25, 0.3) is 5.70 Å². The van der Waals surface area contributed by atoms with E-state index in [1.807, 2.05) is 30.3 Å². The number of nitrogens with one attached hydrogen (secondary N) is 2. The number of carbonyl (C=O) groups excluding carboxylic acids is 2. The number of hydrogen-bond acceptors (Lipinski definition) is 6. The summed E-state index contributed by atoms with van der Waals surface area (Å²) in [6.45, 7) is 0.329. The molecule has 35 heavy (non-hydrogen) atoms. The van der Waals surface area contributed by atoms with Gasteiger partial charge in [-0.3, -0.25) is 0 Å². The van der Waals surface area contributed by atoms with E-state index in [1.54, 1.807) is 56.7 Å². The summed E-state index contributed by atoms with van der Waals surface area (Å²) in [7, 11) is 4.42. The molecule has 2 N–H and O–H groups in total. The largest absolute Gasteiger partial charge is 0.497 e. The van der Waals surface area contributed by atoms with Gasteiger partial charge in [0, 0.05) is 0 Å². The summed E-state index contributed by atoms with van der Waals surface area (Å²) in [5, 5.41) is 5.58. The molecule has 3 aromatic rings. The SMILES string of the molecule is COC(=O)C1=C(c2ccc(OC)cc2)NC(=O)NC1c1ccc(OC)c(OCc2ccccc2)c1. The maximum atomic E-state index is 12.9. The van der Waals surface area contributed by atoms with Crippen LogP contribution in [0.1, 0.15) is 22.7 Å². The zero-order valence-electron chi connectivity index (χ0n) is 19.7. The lowest BCUT2D eigenvalue weighted by Crippen LogP contribution is -2.45. The molecule has 0 saturated heterocycles. The lowest BCUT2D eigenvalue weighted by Gasteiger charge is -2.29. The minimum atomic E-state index is -0.779. The normalized spacial score (nSPS) is 15.1. The Morgan fingerprint density at radius 3 is 2.29 bits per heavy atom. The van der Waals surface area contributed by atoms with E-state index in [0.717, 1.165) is 5.56 Å². The summed E-state index contributed by atoms with van der Waals surface area (Å²) in [5.74, 6) is 1.10. The maximum Gasteiger partial charge on any atom is 0.338 e. The van der Waals surface area contributed by atoms with Gasteiger partial charge in [-0.2, -0.15) is 0 Å². The molecule has 0 radical (unpaired) electrons. The third-order valence-corrected chi connectivity index (χ3v) is 5.61. The maximum absolute atomic E-state index is 12.9. The number of benzene rings is 3. The molecule has 1 aliphatic heterocycles. The molecule has 0 aromatic heterocycles. The number of hydrogen-bond donors (Lipinski definition) is 2. The summed E-state index contributed by atoms with van der Waals surface area (Å²) < 4.78 is 21.8. The molecule has 1 aliphatic rings. The number of amides is 2. The van der Waals surface area contributed by atoms with Crippen molar-refractivity contribution in [3.8, 4) is 17.2 Å². The highest BCUT2D eigenvalue weighted by molar-refractivity contribution is 6.04. The van der Waals surface area contributed by atoms with Crippen LogP contribution in [0.4, 0.5) is 4.79 Å². The topological polar surface area (TPSA) is 95.1 Å². The van der Waals surface area contributed by atoms with E-state index >= 15 is 0 Å². The molecule has 1 heterocycles. The predicted molar refractivity (Wildman–Crippen MR) is 130 cm³/mol. The van der Waals surface area contributed by atoms with Crippen LogP contribution < -0.4 is 24.8 Å². The molecule has 180 valence electrons. The summed E-state index contributed by atoms with van der Waals surface area (Å²) >= 11 is 0. The lowest BCUT2D eigenvalue weighted by molar-refractivity contribution is -0.136. The van der Waals surface area contributed by atoms with E-state index in [2.05, 4.69) is 10.6 Å². The average Bonchev–Trinajstić information content (AvgIpc) is 2.91. The average molecular weight is 475 g/mol. The third-order valence-electron chi connectivity index (χ3n) is 5.61. The van der Waals surface area contributed by atoms with Crippen molar-refractivity contribution in [3.63, 3.8) is 0 Å². The standard InChI is InChI=1S/C27H26N2O6/c1-32-20-12-9-18(10-13-20)24-23(26(30)34-3)25(29-27(31)28-24)19-11-14-21(33-2)22(15-19)35-16-17-7-5-4-6-8-17/h4-15,25H,16H2,1-3H3,(H2,28,29,31). The van der Waals surface area contributed by atoms with Crippen molar-refractivity contribution in [2.45, 2.75) is 12.6 Å². The van der Waals surface area contributed by atoms with Crippen LogP contribution in [-0.2, 0) is 16.1 Å². The Morgan fingerprint density at radius 2 is 1.63 bits per heavy atom. The molecule has 8 heteroatoms. The Labute approximate surface area is 203 Å². The van der Waals surface area contributed by atoms with Gasteiger partial charge in [-0.05, 0) is 53.1 Å². The summed E-state index contributed by atoms with van der Waals surface area (Å²) in [6, 6.07) is 20.8.